The number of rotatable bonds is 6. The summed E-state index contributed by atoms with van der Waals surface area (Å²) >= 11 is 0. The molecule has 2 rings (SSSR count). The van der Waals surface area contributed by atoms with Crippen molar-refractivity contribution in [3.05, 3.63) is 48.0 Å². The summed E-state index contributed by atoms with van der Waals surface area (Å²) in [6, 6.07) is 8.13. The molecule has 1 heterocycles. The van der Waals surface area contributed by atoms with Crippen LogP contribution in [-0.2, 0) is 7.05 Å². The summed E-state index contributed by atoms with van der Waals surface area (Å²) in [6.45, 7) is 3.10. The molecular weight excluding hydrogens is 238 g/mol. The van der Waals surface area contributed by atoms with Crippen molar-refractivity contribution in [2.45, 2.75) is 19.4 Å². The molecular formula is C15H21N3O. The van der Waals surface area contributed by atoms with Crippen LogP contribution in [0.2, 0.25) is 0 Å². The fraction of sp³-hybridized carbons (Fsp3) is 0.400. The van der Waals surface area contributed by atoms with Gasteiger partial charge in [0.15, 0.2) is 0 Å². The molecule has 1 unspecified atom stereocenters. The second-order valence-corrected chi connectivity index (χ2v) is 4.53. The first kappa shape index (κ1) is 13.6. The molecule has 102 valence electrons. The van der Waals surface area contributed by atoms with Gasteiger partial charge in [-0.15, -0.1) is 0 Å². The molecule has 0 radical (unpaired) electrons. The number of imidazole rings is 1. The molecule has 1 atom stereocenters. The van der Waals surface area contributed by atoms with Crippen LogP contribution in [0.3, 0.4) is 0 Å². The van der Waals surface area contributed by atoms with Crippen molar-refractivity contribution in [2.24, 2.45) is 7.05 Å². The van der Waals surface area contributed by atoms with Crippen molar-refractivity contribution in [3.8, 4) is 5.75 Å². The quantitative estimate of drug-likeness (QED) is 0.866. The molecule has 2 aromatic rings. The number of hydrogen-bond acceptors (Lipinski definition) is 3. The van der Waals surface area contributed by atoms with Crippen molar-refractivity contribution in [1.82, 2.24) is 14.9 Å². The van der Waals surface area contributed by atoms with Gasteiger partial charge in [-0.2, -0.15) is 0 Å². The number of methoxy groups -OCH3 is 1. The predicted molar refractivity (Wildman–Crippen MR) is 76.3 cm³/mol. The SMILES string of the molecule is CCCNC(c1ccccc1OC)c1nccn1C. The van der Waals surface area contributed by atoms with Gasteiger partial charge in [0.05, 0.1) is 13.2 Å². The number of nitrogens with zero attached hydrogens (tertiary/aromatic N) is 2. The Bertz CT molecular complexity index is 522. The van der Waals surface area contributed by atoms with Crippen molar-refractivity contribution >= 4 is 0 Å². The Morgan fingerprint density at radius 3 is 2.79 bits per heavy atom. The maximum absolute atomic E-state index is 5.47. The van der Waals surface area contributed by atoms with Crippen molar-refractivity contribution in [1.29, 1.82) is 0 Å². The molecule has 1 N–H and O–H groups in total. The van der Waals surface area contributed by atoms with E-state index in [0.29, 0.717) is 0 Å². The van der Waals surface area contributed by atoms with Crippen LogP contribution in [0.1, 0.15) is 30.8 Å². The zero-order valence-corrected chi connectivity index (χ0v) is 11.8. The summed E-state index contributed by atoms with van der Waals surface area (Å²) in [4.78, 5) is 4.47. The van der Waals surface area contributed by atoms with Gasteiger partial charge in [-0.3, -0.25) is 0 Å². The molecule has 4 heteroatoms. The van der Waals surface area contributed by atoms with Gasteiger partial charge >= 0.3 is 0 Å². The maximum atomic E-state index is 5.47. The number of aromatic nitrogens is 2. The third-order valence-corrected chi connectivity index (χ3v) is 3.17. The topological polar surface area (TPSA) is 39.1 Å². The molecule has 0 spiro atoms. The molecule has 0 bridgehead atoms. The maximum Gasteiger partial charge on any atom is 0.130 e. The number of ether oxygens (including phenoxy) is 1. The van der Waals surface area contributed by atoms with Gasteiger partial charge in [0.1, 0.15) is 11.6 Å². The first-order chi connectivity index (χ1) is 9.27. The lowest BCUT2D eigenvalue weighted by Crippen LogP contribution is -2.26. The lowest BCUT2D eigenvalue weighted by Gasteiger charge is -2.21. The minimum absolute atomic E-state index is 0.0519. The largest absolute Gasteiger partial charge is 0.496 e. The zero-order valence-electron chi connectivity index (χ0n) is 11.8. The van der Waals surface area contributed by atoms with Crippen LogP contribution in [0.25, 0.3) is 0 Å². The average Bonchev–Trinajstić information content (AvgIpc) is 2.86. The van der Waals surface area contributed by atoms with Gasteiger partial charge in [0.2, 0.25) is 0 Å². The van der Waals surface area contributed by atoms with E-state index in [1.165, 1.54) is 0 Å². The summed E-state index contributed by atoms with van der Waals surface area (Å²) in [5, 5.41) is 3.54. The lowest BCUT2D eigenvalue weighted by atomic mass is 10.0. The summed E-state index contributed by atoms with van der Waals surface area (Å²) in [6.07, 6.45) is 4.87. The average molecular weight is 259 g/mol. The Morgan fingerprint density at radius 1 is 1.37 bits per heavy atom. The van der Waals surface area contributed by atoms with E-state index in [0.717, 1.165) is 30.1 Å². The van der Waals surface area contributed by atoms with E-state index in [1.807, 2.05) is 42.2 Å². The highest BCUT2D eigenvalue weighted by Crippen LogP contribution is 2.28. The predicted octanol–water partition coefficient (Wildman–Crippen LogP) is 2.52. The number of para-hydroxylation sites is 1. The molecule has 1 aromatic heterocycles. The Hall–Kier alpha value is -1.81. The van der Waals surface area contributed by atoms with Crippen molar-refractivity contribution in [2.75, 3.05) is 13.7 Å². The van der Waals surface area contributed by atoms with E-state index in [4.69, 9.17) is 4.74 Å². The standard InChI is InChI=1S/C15H21N3O/c1-4-9-16-14(15-17-10-11-18(15)2)12-7-5-6-8-13(12)19-3/h5-8,10-11,14,16H,4,9H2,1-3H3. The first-order valence-electron chi connectivity index (χ1n) is 6.61. The van der Waals surface area contributed by atoms with Crippen LogP contribution >= 0.6 is 0 Å². The van der Waals surface area contributed by atoms with Crippen LogP contribution < -0.4 is 10.1 Å². The number of hydrogen-bond donors (Lipinski definition) is 1. The van der Waals surface area contributed by atoms with Gasteiger partial charge in [-0.25, -0.2) is 4.98 Å². The van der Waals surface area contributed by atoms with Crippen LogP contribution in [0.15, 0.2) is 36.7 Å². The van der Waals surface area contributed by atoms with E-state index in [2.05, 4.69) is 23.3 Å². The van der Waals surface area contributed by atoms with Gasteiger partial charge in [0, 0.05) is 25.0 Å². The molecule has 0 aliphatic carbocycles. The van der Waals surface area contributed by atoms with Crippen LogP contribution in [0.5, 0.6) is 5.75 Å². The molecule has 1 aromatic carbocycles. The molecule has 4 nitrogen and oxygen atoms in total. The Kier molecular flexibility index (Phi) is 4.58. The zero-order chi connectivity index (χ0) is 13.7. The van der Waals surface area contributed by atoms with Crippen molar-refractivity contribution < 1.29 is 4.74 Å². The normalized spacial score (nSPS) is 12.4. The Morgan fingerprint density at radius 2 is 2.16 bits per heavy atom. The fourth-order valence-electron chi connectivity index (χ4n) is 2.19. The highest BCUT2D eigenvalue weighted by Gasteiger charge is 2.20. The molecule has 0 aliphatic rings. The molecule has 0 fully saturated rings. The summed E-state index contributed by atoms with van der Waals surface area (Å²) < 4.78 is 7.51. The third-order valence-electron chi connectivity index (χ3n) is 3.17. The summed E-state index contributed by atoms with van der Waals surface area (Å²) in [5.41, 5.74) is 1.12. The second-order valence-electron chi connectivity index (χ2n) is 4.53. The minimum Gasteiger partial charge on any atom is -0.496 e. The molecule has 0 saturated carbocycles. The highest BCUT2D eigenvalue weighted by molar-refractivity contribution is 5.39. The monoisotopic (exact) mass is 259 g/mol. The van der Waals surface area contributed by atoms with Gasteiger partial charge in [0.25, 0.3) is 0 Å². The third kappa shape index (κ3) is 2.96. The number of benzene rings is 1. The lowest BCUT2D eigenvalue weighted by molar-refractivity contribution is 0.401. The fourth-order valence-corrected chi connectivity index (χ4v) is 2.19. The van der Waals surface area contributed by atoms with Gasteiger partial charge < -0.3 is 14.6 Å². The van der Waals surface area contributed by atoms with E-state index < -0.39 is 0 Å². The second kappa shape index (κ2) is 6.38. The van der Waals surface area contributed by atoms with E-state index in [1.54, 1.807) is 7.11 Å². The van der Waals surface area contributed by atoms with E-state index >= 15 is 0 Å². The van der Waals surface area contributed by atoms with Gasteiger partial charge in [-0.05, 0) is 19.0 Å². The number of aryl methyl sites for hydroxylation is 1. The minimum atomic E-state index is 0.0519. The van der Waals surface area contributed by atoms with Crippen LogP contribution in [-0.4, -0.2) is 23.2 Å². The molecule has 19 heavy (non-hydrogen) atoms. The molecule has 0 amide bonds. The Balaban J connectivity index is 2.40. The molecule has 0 aliphatic heterocycles. The smallest absolute Gasteiger partial charge is 0.130 e. The van der Waals surface area contributed by atoms with E-state index in [-0.39, 0.29) is 6.04 Å². The van der Waals surface area contributed by atoms with Crippen LogP contribution in [0.4, 0.5) is 0 Å². The number of nitrogens with one attached hydrogen (secondary N) is 1. The summed E-state index contributed by atoms with van der Waals surface area (Å²) in [7, 11) is 3.71. The van der Waals surface area contributed by atoms with E-state index in [9.17, 15) is 0 Å². The first-order valence-corrected chi connectivity index (χ1v) is 6.61. The van der Waals surface area contributed by atoms with Crippen LogP contribution in [0, 0.1) is 0 Å². The Labute approximate surface area is 114 Å². The van der Waals surface area contributed by atoms with Gasteiger partial charge in [-0.1, -0.05) is 25.1 Å². The summed E-state index contributed by atoms with van der Waals surface area (Å²) in [5.74, 6) is 1.89. The highest BCUT2D eigenvalue weighted by atomic mass is 16.5. The van der Waals surface area contributed by atoms with Crippen molar-refractivity contribution in [3.63, 3.8) is 0 Å². The molecule has 0 saturated heterocycles.